The van der Waals surface area contributed by atoms with E-state index in [9.17, 15) is 9.59 Å². The first-order valence-corrected chi connectivity index (χ1v) is 12.0. The van der Waals surface area contributed by atoms with Crippen LogP contribution in [0.2, 0.25) is 0 Å². The predicted octanol–water partition coefficient (Wildman–Crippen LogP) is 4.60. The van der Waals surface area contributed by atoms with Crippen molar-refractivity contribution in [3.05, 3.63) is 102 Å². The number of carbonyl (C=O) groups is 1. The van der Waals surface area contributed by atoms with Crippen LogP contribution in [0, 0.1) is 6.92 Å². The summed E-state index contributed by atoms with van der Waals surface area (Å²) in [6.07, 6.45) is 5.70. The number of rotatable bonds is 4. The van der Waals surface area contributed by atoms with E-state index in [4.69, 9.17) is 14.5 Å². The predicted molar refractivity (Wildman–Crippen MR) is 142 cm³/mol. The van der Waals surface area contributed by atoms with Gasteiger partial charge in [-0.2, -0.15) is 0 Å². The van der Waals surface area contributed by atoms with E-state index in [-0.39, 0.29) is 23.6 Å². The van der Waals surface area contributed by atoms with Crippen molar-refractivity contribution in [3.63, 3.8) is 0 Å². The number of hydrazine groups is 1. The fourth-order valence-corrected chi connectivity index (χ4v) is 4.83. The monoisotopic (exact) mass is 505 g/mol. The molecule has 2 aromatic carbocycles. The van der Waals surface area contributed by atoms with Gasteiger partial charge >= 0.3 is 0 Å². The number of anilines is 2. The highest BCUT2D eigenvalue weighted by molar-refractivity contribution is 6.12. The first-order valence-electron chi connectivity index (χ1n) is 12.0. The third kappa shape index (κ3) is 3.87. The van der Waals surface area contributed by atoms with E-state index in [2.05, 4.69) is 9.97 Å². The van der Waals surface area contributed by atoms with Crippen molar-refractivity contribution >= 4 is 34.3 Å². The summed E-state index contributed by atoms with van der Waals surface area (Å²) >= 11 is 0. The van der Waals surface area contributed by atoms with Crippen LogP contribution in [0.25, 0.3) is 11.0 Å². The Morgan fingerprint density at radius 3 is 2.89 bits per heavy atom. The second-order valence-corrected chi connectivity index (χ2v) is 8.86. The lowest BCUT2D eigenvalue weighted by Crippen LogP contribution is -2.49. The van der Waals surface area contributed by atoms with E-state index in [0.717, 1.165) is 16.9 Å². The normalized spacial score (nSPS) is 16.2. The molecule has 1 amide bonds. The van der Waals surface area contributed by atoms with Crippen molar-refractivity contribution in [2.24, 2.45) is 0 Å². The van der Waals surface area contributed by atoms with Gasteiger partial charge in [0.05, 0.1) is 28.9 Å². The van der Waals surface area contributed by atoms with Crippen LogP contribution in [0.3, 0.4) is 0 Å². The smallest absolute Gasteiger partial charge is 0.276 e. The Morgan fingerprint density at radius 1 is 1.18 bits per heavy atom. The third-order valence-corrected chi connectivity index (χ3v) is 6.51. The lowest BCUT2D eigenvalue weighted by Gasteiger charge is -2.37. The fourth-order valence-electron chi connectivity index (χ4n) is 4.83. The zero-order valence-electron chi connectivity index (χ0n) is 20.7. The van der Waals surface area contributed by atoms with Crippen LogP contribution >= 0.6 is 0 Å². The zero-order chi connectivity index (χ0) is 26.2. The summed E-state index contributed by atoms with van der Waals surface area (Å²) < 4.78 is 11.8. The van der Waals surface area contributed by atoms with Crippen LogP contribution in [0.5, 0.6) is 11.6 Å². The highest BCUT2D eigenvalue weighted by atomic mass is 16.5. The molecule has 1 N–H and O–H groups in total. The van der Waals surface area contributed by atoms with E-state index in [1.807, 2.05) is 72.5 Å². The average Bonchev–Trinajstić information content (AvgIpc) is 3.25. The molecule has 0 saturated heterocycles. The van der Waals surface area contributed by atoms with Gasteiger partial charge in [0.15, 0.2) is 5.75 Å². The van der Waals surface area contributed by atoms with Crippen LogP contribution in [0.15, 0.2) is 90.2 Å². The number of hydrogen-bond acceptors (Lipinski definition) is 7. The minimum atomic E-state index is -0.875. The molecule has 0 saturated carbocycles. The minimum Gasteiger partial charge on any atom is -0.436 e. The van der Waals surface area contributed by atoms with Crippen molar-refractivity contribution in [1.29, 1.82) is 0 Å². The molecule has 1 atom stereocenters. The van der Waals surface area contributed by atoms with Gasteiger partial charge in [-0.3, -0.25) is 9.80 Å². The molecule has 1 unspecified atom stereocenters. The average molecular weight is 506 g/mol. The molecule has 9 nitrogen and oxygen atoms in total. The molecule has 188 valence electrons. The van der Waals surface area contributed by atoms with E-state index in [1.165, 1.54) is 7.11 Å². The Bertz CT molecular complexity index is 1680. The lowest BCUT2D eigenvalue weighted by atomic mass is 9.96. The molecule has 0 fully saturated rings. The van der Waals surface area contributed by atoms with Crippen molar-refractivity contribution < 1.29 is 19.1 Å². The highest BCUT2D eigenvalue weighted by Crippen LogP contribution is 2.41. The summed E-state index contributed by atoms with van der Waals surface area (Å²) in [6.45, 7) is 2.15. The van der Waals surface area contributed by atoms with Crippen LogP contribution < -0.4 is 14.8 Å². The van der Waals surface area contributed by atoms with Gasteiger partial charge in [0.25, 0.3) is 5.91 Å². The number of pyridine rings is 1. The molecule has 2 aromatic heterocycles. The third-order valence-electron chi connectivity index (χ3n) is 6.51. The summed E-state index contributed by atoms with van der Waals surface area (Å²) in [5.41, 5.74) is 3.94. The Balaban J connectivity index is 1.60. The molecular weight excluding hydrogens is 482 g/mol. The molecule has 4 aromatic rings. The zero-order valence-corrected chi connectivity index (χ0v) is 20.7. The van der Waals surface area contributed by atoms with Gasteiger partial charge in [-0.05, 0) is 43.3 Å². The van der Waals surface area contributed by atoms with Crippen molar-refractivity contribution in [1.82, 2.24) is 15.0 Å². The molecule has 2 aliphatic rings. The maximum Gasteiger partial charge on any atom is 0.276 e. The number of methoxy groups -OCH3 is 1. The van der Waals surface area contributed by atoms with E-state index in [0.29, 0.717) is 28.5 Å². The lowest BCUT2D eigenvalue weighted by molar-refractivity contribution is -0.116. The number of benzene rings is 2. The number of para-hydroxylation sites is 3. The Morgan fingerprint density at radius 2 is 2.05 bits per heavy atom. The van der Waals surface area contributed by atoms with Crippen LogP contribution in [0.1, 0.15) is 11.4 Å². The molecule has 6 rings (SSSR count). The first-order chi connectivity index (χ1) is 18.6. The number of aromatic nitrogens is 3. The van der Waals surface area contributed by atoms with Crippen molar-refractivity contribution in [3.8, 4) is 11.6 Å². The summed E-state index contributed by atoms with van der Waals surface area (Å²) in [7, 11) is 1.46. The topological polar surface area (TPSA) is 101 Å². The molecule has 9 heteroatoms. The largest absolute Gasteiger partial charge is 0.436 e. The summed E-state index contributed by atoms with van der Waals surface area (Å²) in [6, 6.07) is 16.8. The number of aryl methyl sites for hydroxylation is 1. The van der Waals surface area contributed by atoms with Crippen molar-refractivity contribution in [2.45, 2.75) is 19.6 Å². The van der Waals surface area contributed by atoms with Crippen LogP contribution in [0.4, 0.5) is 11.4 Å². The molecular formula is C29H23N5O4. The number of ether oxygens (including phenoxy) is 2. The Hall–Kier alpha value is -4.98. The van der Waals surface area contributed by atoms with Gasteiger partial charge in [0.1, 0.15) is 29.1 Å². The molecule has 1 aliphatic heterocycles. The molecule has 38 heavy (non-hydrogen) atoms. The Kier molecular flexibility index (Phi) is 5.84. The fraction of sp³-hybridized carbons (Fsp3) is 0.138. The number of allylic oxidation sites excluding steroid dienone is 2. The van der Waals surface area contributed by atoms with E-state index in [1.54, 1.807) is 29.4 Å². The van der Waals surface area contributed by atoms with Crippen LogP contribution in [-0.4, -0.2) is 40.0 Å². The molecule has 1 aliphatic carbocycles. The summed E-state index contributed by atoms with van der Waals surface area (Å²) in [4.78, 5) is 38.6. The van der Waals surface area contributed by atoms with Gasteiger partial charge in [-0.1, -0.05) is 36.4 Å². The molecule has 0 radical (unpaired) electrons. The number of H-pyrrole nitrogens is 1. The van der Waals surface area contributed by atoms with Crippen LogP contribution in [-0.2, 0) is 20.9 Å². The molecule has 3 heterocycles. The summed E-state index contributed by atoms with van der Waals surface area (Å²) in [5, 5.41) is 3.42. The van der Waals surface area contributed by atoms with E-state index < -0.39 is 6.10 Å². The van der Waals surface area contributed by atoms with Gasteiger partial charge in [-0.25, -0.2) is 19.8 Å². The maximum atomic E-state index is 14.6. The van der Waals surface area contributed by atoms with Gasteiger partial charge in [0.2, 0.25) is 5.88 Å². The SMILES string of the molecule is COC1C(=C=O)C=CC=C1C(=O)N(c1cccc2[nH]c(C)nc12)N1Cc2cccnc2Oc2ccccc21. The van der Waals surface area contributed by atoms with E-state index >= 15 is 0 Å². The quantitative estimate of drug-likeness (QED) is 0.405. The Labute approximate surface area is 218 Å². The number of hydrogen-bond donors (Lipinski definition) is 1. The second-order valence-electron chi connectivity index (χ2n) is 8.86. The number of fused-ring (bicyclic) bond motifs is 3. The standard InChI is InChI=1S/C29H23N5O4/c1-18-31-22-11-6-13-24(26(22)32-18)34(29(36)21-10-5-8-20(17-35)27(21)37-2)33-16-19-9-7-15-30-28(19)38-25-14-4-3-12-23(25)33/h3-15,27H,16H2,1-2H3,(H,31,32). The number of amides is 1. The number of carbonyl (C=O) groups excluding carboxylic acids is 2. The van der Waals surface area contributed by atoms with Crippen molar-refractivity contribution in [2.75, 3.05) is 17.1 Å². The molecule has 0 spiro atoms. The maximum absolute atomic E-state index is 14.6. The number of aromatic amines is 1. The summed E-state index contributed by atoms with van der Waals surface area (Å²) in [5.74, 6) is 3.24. The number of imidazole rings is 1. The second kappa shape index (κ2) is 9.48. The highest BCUT2D eigenvalue weighted by Gasteiger charge is 2.36. The van der Waals surface area contributed by atoms with Gasteiger partial charge < -0.3 is 14.5 Å². The molecule has 0 bridgehead atoms. The number of nitrogens with zero attached hydrogens (tertiary/aromatic N) is 4. The van der Waals surface area contributed by atoms with Gasteiger partial charge in [0, 0.05) is 18.9 Å². The first kappa shape index (κ1) is 23.4. The van der Waals surface area contributed by atoms with Gasteiger partial charge in [-0.15, -0.1) is 0 Å². The minimum absolute atomic E-state index is 0.237. The number of nitrogens with one attached hydrogen (secondary N) is 1.